The lowest BCUT2D eigenvalue weighted by molar-refractivity contribution is -0.221. The van der Waals surface area contributed by atoms with E-state index in [2.05, 4.69) is 0 Å². The molecule has 3 fully saturated rings. The highest BCUT2D eigenvalue weighted by atomic mass is 19.4. The zero-order valence-electron chi connectivity index (χ0n) is 21.4. The van der Waals surface area contributed by atoms with Gasteiger partial charge in [0.25, 0.3) is 0 Å². The molecule has 5 nitrogen and oxygen atoms in total. The minimum absolute atomic E-state index is 0.0419. The van der Waals surface area contributed by atoms with Crippen molar-refractivity contribution in [3.05, 3.63) is 71.8 Å². The Balaban J connectivity index is 0.000000183. The summed E-state index contributed by atoms with van der Waals surface area (Å²) in [5, 5.41) is 0. The van der Waals surface area contributed by atoms with Crippen LogP contribution >= 0.6 is 0 Å². The van der Waals surface area contributed by atoms with Gasteiger partial charge in [-0.3, -0.25) is 14.6 Å². The topological polar surface area (TPSA) is 42.0 Å². The first-order chi connectivity index (χ1) is 18.5. The van der Waals surface area contributed by atoms with Crippen LogP contribution in [0.3, 0.4) is 0 Å². The number of carbonyl (C=O) groups is 1. The molecular weight excluding hydrogens is 526 g/mol. The molecule has 11 heteroatoms. The molecule has 1 spiro atoms. The molecule has 39 heavy (non-hydrogen) atoms. The third-order valence-corrected chi connectivity index (χ3v) is 7.31. The molecule has 0 bridgehead atoms. The molecule has 0 aliphatic carbocycles. The maximum atomic E-state index is 13.5. The van der Waals surface area contributed by atoms with Gasteiger partial charge in [0.2, 0.25) is 0 Å². The average molecular weight is 559 g/mol. The number of hydrogen-bond donors (Lipinski definition) is 0. The quantitative estimate of drug-likeness (QED) is 0.426. The lowest BCUT2D eigenvalue weighted by Crippen LogP contribution is -2.49. The van der Waals surface area contributed by atoms with Gasteiger partial charge in [-0.05, 0) is 11.1 Å². The predicted octanol–water partition coefficient (Wildman–Crippen LogP) is 6.08. The van der Waals surface area contributed by atoms with Crippen molar-refractivity contribution in [3.8, 4) is 0 Å². The van der Waals surface area contributed by atoms with E-state index in [0.717, 1.165) is 0 Å². The van der Waals surface area contributed by atoms with Crippen molar-refractivity contribution < 1.29 is 40.6 Å². The summed E-state index contributed by atoms with van der Waals surface area (Å²) in [7, 11) is 0. The van der Waals surface area contributed by atoms with Crippen LogP contribution in [0.2, 0.25) is 0 Å². The molecule has 5 rings (SSSR count). The molecule has 0 aromatic heterocycles. The van der Waals surface area contributed by atoms with Crippen molar-refractivity contribution in [2.24, 2.45) is 0 Å². The first-order valence-corrected chi connectivity index (χ1v) is 13.0. The van der Waals surface area contributed by atoms with Crippen LogP contribution in [0.5, 0.6) is 0 Å². The van der Waals surface area contributed by atoms with E-state index in [-0.39, 0.29) is 42.8 Å². The number of piperidine rings is 2. The van der Waals surface area contributed by atoms with Gasteiger partial charge in [-0.2, -0.15) is 26.3 Å². The maximum absolute atomic E-state index is 13.5. The molecule has 2 unspecified atom stereocenters. The fourth-order valence-corrected chi connectivity index (χ4v) is 5.42. The number of rotatable bonds is 4. The van der Waals surface area contributed by atoms with Crippen molar-refractivity contribution in [3.63, 3.8) is 0 Å². The second-order valence-electron chi connectivity index (χ2n) is 9.93. The van der Waals surface area contributed by atoms with E-state index in [1.54, 1.807) is 36.4 Å². The fraction of sp³-hybridized carbons (Fsp3) is 0.536. The Morgan fingerprint density at radius 3 is 1.41 bits per heavy atom. The number of halogens is 6. The summed E-state index contributed by atoms with van der Waals surface area (Å²) >= 11 is 0. The molecule has 3 heterocycles. The second kappa shape index (κ2) is 12.4. The van der Waals surface area contributed by atoms with Crippen LogP contribution < -0.4 is 0 Å². The third-order valence-electron chi connectivity index (χ3n) is 7.31. The van der Waals surface area contributed by atoms with Crippen molar-refractivity contribution in [1.29, 1.82) is 0 Å². The van der Waals surface area contributed by atoms with Crippen molar-refractivity contribution in [2.75, 3.05) is 39.4 Å². The lowest BCUT2D eigenvalue weighted by atomic mass is 9.98. The summed E-state index contributed by atoms with van der Waals surface area (Å²) in [4.78, 5) is 13.9. The zero-order chi connectivity index (χ0) is 28.1. The Hall–Kier alpha value is -2.47. The van der Waals surface area contributed by atoms with Crippen LogP contribution in [0.15, 0.2) is 60.7 Å². The summed E-state index contributed by atoms with van der Waals surface area (Å²) in [5.74, 6) is -0.608. The maximum Gasteiger partial charge on any atom is 0.408 e. The number of alkyl halides is 6. The van der Waals surface area contributed by atoms with Gasteiger partial charge in [0, 0.05) is 51.9 Å². The summed E-state index contributed by atoms with van der Waals surface area (Å²) < 4.78 is 91.0. The molecule has 2 atom stereocenters. The van der Waals surface area contributed by atoms with Crippen LogP contribution in [0.25, 0.3) is 0 Å². The molecule has 3 aliphatic heterocycles. The lowest BCUT2D eigenvalue weighted by Gasteiger charge is -2.41. The minimum Gasteiger partial charge on any atom is -0.347 e. The van der Waals surface area contributed by atoms with E-state index in [1.165, 1.54) is 34.1 Å². The molecule has 0 amide bonds. The molecular formula is C28H32F6N2O3. The van der Waals surface area contributed by atoms with Crippen LogP contribution in [0.1, 0.15) is 48.9 Å². The highest BCUT2D eigenvalue weighted by Gasteiger charge is 2.49. The first kappa shape index (κ1) is 29.5. The molecule has 0 N–H and O–H groups in total. The van der Waals surface area contributed by atoms with Crippen molar-refractivity contribution in [2.45, 2.75) is 55.9 Å². The van der Waals surface area contributed by atoms with E-state index in [0.29, 0.717) is 39.1 Å². The molecule has 0 radical (unpaired) electrons. The third kappa shape index (κ3) is 7.59. The van der Waals surface area contributed by atoms with Gasteiger partial charge in [0.05, 0.1) is 13.2 Å². The van der Waals surface area contributed by atoms with Gasteiger partial charge < -0.3 is 9.47 Å². The van der Waals surface area contributed by atoms with Crippen LogP contribution in [0, 0.1) is 0 Å². The number of hydrogen-bond acceptors (Lipinski definition) is 5. The molecule has 2 aromatic carbocycles. The summed E-state index contributed by atoms with van der Waals surface area (Å²) in [6, 6.07) is 12.8. The number of carbonyl (C=O) groups excluding carboxylic acids is 1. The highest BCUT2D eigenvalue weighted by molar-refractivity contribution is 5.79. The standard InChI is InChI=1S/C15H18F3NO2.C13H14F3NO/c16-15(17,18)13(12-4-2-1-3-5-12)19-8-6-14(7-9-19)20-10-11-21-14;14-13(15,16)12(10-4-2-1-3-5-10)17-8-6-11(18)7-9-17/h1-5,13H,6-11H2;1-5,12H,6-9H2. The van der Waals surface area contributed by atoms with Gasteiger partial charge in [-0.1, -0.05) is 60.7 Å². The highest BCUT2D eigenvalue weighted by Crippen LogP contribution is 2.42. The van der Waals surface area contributed by atoms with E-state index < -0.39 is 30.2 Å². The zero-order valence-corrected chi connectivity index (χ0v) is 21.4. The summed E-state index contributed by atoms with van der Waals surface area (Å²) in [5.41, 5.74) is 0.522. The molecule has 3 aliphatic rings. The minimum atomic E-state index is -4.32. The fourth-order valence-electron chi connectivity index (χ4n) is 5.42. The Labute approximate surface area is 223 Å². The number of nitrogens with zero attached hydrogens (tertiary/aromatic N) is 2. The van der Waals surface area contributed by atoms with E-state index in [4.69, 9.17) is 9.47 Å². The SMILES string of the molecule is FC(F)(F)C(c1ccccc1)N1CCC2(CC1)OCCO2.O=C1CCN(C(c2ccccc2)C(F)(F)F)CC1. The van der Waals surface area contributed by atoms with Crippen LogP contribution in [-0.4, -0.2) is 73.1 Å². The summed E-state index contributed by atoms with van der Waals surface area (Å²) in [6.45, 7) is 2.05. The Morgan fingerprint density at radius 2 is 1.03 bits per heavy atom. The Morgan fingerprint density at radius 1 is 0.641 bits per heavy atom. The van der Waals surface area contributed by atoms with Gasteiger partial charge >= 0.3 is 12.4 Å². The van der Waals surface area contributed by atoms with E-state index in [9.17, 15) is 31.1 Å². The predicted molar refractivity (Wildman–Crippen MR) is 132 cm³/mol. The van der Waals surface area contributed by atoms with E-state index in [1.807, 2.05) is 0 Å². The Bertz CT molecular complexity index is 1040. The largest absolute Gasteiger partial charge is 0.408 e. The molecule has 3 saturated heterocycles. The van der Waals surface area contributed by atoms with Crippen molar-refractivity contribution >= 4 is 5.78 Å². The second-order valence-corrected chi connectivity index (χ2v) is 9.93. The summed E-state index contributed by atoms with van der Waals surface area (Å²) in [6.07, 6.45) is -7.23. The average Bonchev–Trinajstić information content (AvgIpc) is 3.35. The molecule has 2 aromatic rings. The normalized spacial score (nSPS) is 22.3. The van der Waals surface area contributed by atoms with Crippen LogP contribution in [0.4, 0.5) is 26.3 Å². The van der Waals surface area contributed by atoms with Gasteiger partial charge in [0.15, 0.2) is 5.79 Å². The number of likely N-dealkylation sites (tertiary alicyclic amines) is 2. The van der Waals surface area contributed by atoms with E-state index >= 15 is 0 Å². The van der Waals surface area contributed by atoms with Gasteiger partial charge in [-0.15, -0.1) is 0 Å². The first-order valence-electron chi connectivity index (χ1n) is 13.0. The van der Waals surface area contributed by atoms with Crippen molar-refractivity contribution in [1.82, 2.24) is 9.80 Å². The van der Waals surface area contributed by atoms with Gasteiger partial charge in [0.1, 0.15) is 17.9 Å². The number of Topliss-reactive ketones (excluding diaryl/α,β-unsaturated/α-hetero) is 1. The monoisotopic (exact) mass is 558 g/mol. The Kier molecular flexibility index (Phi) is 9.36. The molecule has 214 valence electrons. The molecule has 0 saturated carbocycles. The smallest absolute Gasteiger partial charge is 0.347 e. The van der Waals surface area contributed by atoms with Crippen LogP contribution in [-0.2, 0) is 14.3 Å². The number of ketones is 1. The number of benzene rings is 2. The van der Waals surface area contributed by atoms with Gasteiger partial charge in [-0.25, -0.2) is 0 Å². The number of ether oxygens (including phenoxy) is 2.